The van der Waals surface area contributed by atoms with Crippen LogP contribution in [0.5, 0.6) is 0 Å². The van der Waals surface area contributed by atoms with Crippen LogP contribution in [0, 0.1) is 6.92 Å². The fourth-order valence-electron chi connectivity index (χ4n) is 2.47. The smallest absolute Gasteiger partial charge is 0.0409 e. The third kappa shape index (κ3) is 2.25. The molecule has 1 heterocycles. The molecule has 16 heavy (non-hydrogen) atoms. The zero-order valence-corrected chi connectivity index (χ0v) is 11.5. The van der Waals surface area contributed by atoms with Gasteiger partial charge in [0.2, 0.25) is 0 Å². The van der Waals surface area contributed by atoms with Crippen molar-refractivity contribution in [2.24, 2.45) is 5.73 Å². The highest BCUT2D eigenvalue weighted by atomic mass is 79.9. The van der Waals surface area contributed by atoms with E-state index in [-0.39, 0.29) is 0 Å². The van der Waals surface area contributed by atoms with Crippen LogP contribution in [0.25, 0.3) is 0 Å². The lowest BCUT2D eigenvalue weighted by Crippen LogP contribution is -2.45. The van der Waals surface area contributed by atoms with Crippen molar-refractivity contribution in [2.75, 3.05) is 11.4 Å². The second kappa shape index (κ2) is 4.76. The number of rotatable bonds is 1. The molecule has 0 radical (unpaired) electrons. The van der Waals surface area contributed by atoms with Crippen LogP contribution in [0.4, 0.5) is 5.69 Å². The number of piperidine rings is 1. The van der Waals surface area contributed by atoms with E-state index < -0.39 is 0 Å². The van der Waals surface area contributed by atoms with Crippen molar-refractivity contribution >= 4 is 21.6 Å². The first-order valence-electron chi connectivity index (χ1n) is 5.87. The highest BCUT2D eigenvalue weighted by molar-refractivity contribution is 9.10. The second-order valence-corrected chi connectivity index (χ2v) is 5.57. The number of nitrogens with two attached hydrogens (primary N) is 1. The highest BCUT2D eigenvalue weighted by Gasteiger charge is 2.24. The van der Waals surface area contributed by atoms with Gasteiger partial charge in [-0.15, -0.1) is 0 Å². The predicted octanol–water partition coefficient (Wildman–Crippen LogP) is 3.07. The van der Waals surface area contributed by atoms with Gasteiger partial charge in [-0.1, -0.05) is 22.0 Å². The summed E-state index contributed by atoms with van der Waals surface area (Å²) in [5.41, 5.74) is 8.66. The van der Waals surface area contributed by atoms with Gasteiger partial charge in [0.25, 0.3) is 0 Å². The summed E-state index contributed by atoms with van der Waals surface area (Å²) < 4.78 is 1.19. The Morgan fingerprint density at radius 1 is 1.44 bits per heavy atom. The van der Waals surface area contributed by atoms with Gasteiger partial charge in [-0.3, -0.25) is 0 Å². The molecule has 2 unspecified atom stereocenters. The Labute approximate surface area is 106 Å². The molecular weight excluding hydrogens is 264 g/mol. The first-order valence-corrected chi connectivity index (χ1v) is 6.66. The first-order chi connectivity index (χ1) is 7.59. The second-order valence-electron chi connectivity index (χ2n) is 4.71. The molecule has 0 amide bonds. The maximum absolute atomic E-state index is 6.00. The summed E-state index contributed by atoms with van der Waals surface area (Å²) in [6.45, 7) is 5.50. The third-order valence-corrected chi connectivity index (χ3v) is 4.32. The topological polar surface area (TPSA) is 29.3 Å². The highest BCUT2D eigenvalue weighted by Crippen LogP contribution is 2.31. The molecule has 88 valence electrons. The summed E-state index contributed by atoms with van der Waals surface area (Å²) in [4.78, 5) is 2.48. The molecule has 1 fully saturated rings. The van der Waals surface area contributed by atoms with Crippen molar-refractivity contribution in [3.05, 3.63) is 28.2 Å². The van der Waals surface area contributed by atoms with Gasteiger partial charge in [-0.25, -0.2) is 0 Å². The zero-order chi connectivity index (χ0) is 11.7. The van der Waals surface area contributed by atoms with E-state index in [1.807, 2.05) is 0 Å². The van der Waals surface area contributed by atoms with E-state index in [1.54, 1.807) is 0 Å². The van der Waals surface area contributed by atoms with Crippen molar-refractivity contribution in [2.45, 2.75) is 38.8 Å². The lowest BCUT2D eigenvalue weighted by molar-refractivity contribution is 0.429. The van der Waals surface area contributed by atoms with Gasteiger partial charge in [0.15, 0.2) is 0 Å². The zero-order valence-electron chi connectivity index (χ0n) is 9.91. The van der Waals surface area contributed by atoms with E-state index in [9.17, 15) is 0 Å². The van der Waals surface area contributed by atoms with Crippen molar-refractivity contribution in [1.82, 2.24) is 0 Å². The average Bonchev–Trinajstić information content (AvgIpc) is 2.23. The van der Waals surface area contributed by atoms with Gasteiger partial charge < -0.3 is 10.6 Å². The molecule has 2 rings (SSSR count). The van der Waals surface area contributed by atoms with E-state index in [0.29, 0.717) is 12.1 Å². The standard InChI is InChI=1S/C13H19BrN2/c1-9-8-11(15)6-7-16(9)13-5-3-4-12(14)10(13)2/h3-5,9,11H,6-8,15H2,1-2H3. The van der Waals surface area contributed by atoms with Crippen molar-refractivity contribution in [1.29, 1.82) is 0 Å². The van der Waals surface area contributed by atoms with Crippen LogP contribution in [-0.4, -0.2) is 18.6 Å². The third-order valence-electron chi connectivity index (χ3n) is 3.47. The van der Waals surface area contributed by atoms with Crippen LogP contribution < -0.4 is 10.6 Å². The fourth-order valence-corrected chi connectivity index (χ4v) is 2.83. The molecule has 2 nitrogen and oxygen atoms in total. The number of anilines is 1. The average molecular weight is 283 g/mol. The van der Waals surface area contributed by atoms with E-state index in [0.717, 1.165) is 19.4 Å². The maximum atomic E-state index is 6.00. The monoisotopic (exact) mass is 282 g/mol. The van der Waals surface area contributed by atoms with Crippen LogP contribution in [0.1, 0.15) is 25.3 Å². The molecule has 0 aromatic heterocycles. The van der Waals surface area contributed by atoms with Gasteiger partial charge in [-0.05, 0) is 44.4 Å². The maximum Gasteiger partial charge on any atom is 0.0409 e. The van der Waals surface area contributed by atoms with Gasteiger partial charge in [0.05, 0.1) is 0 Å². The molecule has 1 saturated heterocycles. The molecule has 3 heteroatoms. The Hall–Kier alpha value is -0.540. The van der Waals surface area contributed by atoms with E-state index >= 15 is 0 Å². The van der Waals surface area contributed by atoms with Crippen molar-refractivity contribution in [3.63, 3.8) is 0 Å². The Morgan fingerprint density at radius 2 is 2.19 bits per heavy atom. The van der Waals surface area contributed by atoms with E-state index in [2.05, 4.69) is 52.9 Å². The molecule has 0 saturated carbocycles. The number of nitrogens with zero attached hydrogens (tertiary/aromatic N) is 1. The molecule has 1 aliphatic rings. The molecule has 1 aromatic carbocycles. The molecule has 0 aliphatic carbocycles. The van der Waals surface area contributed by atoms with Crippen LogP contribution in [-0.2, 0) is 0 Å². The first kappa shape index (κ1) is 11.9. The minimum absolute atomic E-state index is 0.374. The minimum Gasteiger partial charge on any atom is -0.368 e. The van der Waals surface area contributed by atoms with Crippen molar-refractivity contribution < 1.29 is 0 Å². The molecule has 2 N–H and O–H groups in total. The summed E-state index contributed by atoms with van der Waals surface area (Å²) in [7, 11) is 0. The van der Waals surface area contributed by atoms with Crippen LogP contribution in [0.3, 0.4) is 0 Å². The molecule has 1 aromatic rings. The quantitative estimate of drug-likeness (QED) is 0.858. The van der Waals surface area contributed by atoms with Crippen LogP contribution in [0.2, 0.25) is 0 Å². The normalized spacial score (nSPS) is 25.9. The van der Waals surface area contributed by atoms with Gasteiger partial charge >= 0.3 is 0 Å². The number of hydrogen-bond donors (Lipinski definition) is 1. The molecular formula is C13H19BrN2. The van der Waals surface area contributed by atoms with Gasteiger partial charge in [0, 0.05) is 28.8 Å². The summed E-state index contributed by atoms with van der Waals surface area (Å²) in [5.74, 6) is 0. The van der Waals surface area contributed by atoms with E-state index in [4.69, 9.17) is 5.73 Å². The summed E-state index contributed by atoms with van der Waals surface area (Å²) in [5, 5.41) is 0. The lowest BCUT2D eigenvalue weighted by atomic mass is 9.97. The van der Waals surface area contributed by atoms with Gasteiger partial charge in [-0.2, -0.15) is 0 Å². The molecule has 1 aliphatic heterocycles. The summed E-state index contributed by atoms with van der Waals surface area (Å²) in [6, 6.07) is 7.32. The molecule has 0 spiro atoms. The summed E-state index contributed by atoms with van der Waals surface area (Å²) >= 11 is 3.59. The fraction of sp³-hybridized carbons (Fsp3) is 0.538. The van der Waals surface area contributed by atoms with Gasteiger partial charge in [0.1, 0.15) is 0 Å². The predicted molar refractivity (Wildman–Crippen MR) is 72.9 cm³/mol. The van der Waals surface area contributed by atoms with Crippen LogP contribution in [0.15, 0.2) is 22.7 Å². The SMILES string of the molecule is Cc1c(Br)cccc1N1CCC(N)CC1C. The van der Waals surface area contributed by atoms with E-state index in [1.165, 1.54) is 15.7 Å². The van der Waals surface area contributed by atoms with Crippen molar-refractivity contribution in [3.8, 4) is 0 Å². The lowest BCUT2D eigenvalue weighted by Gasteiger charge is -2.39. The number of benzene rings is 1. The molecule has 2 atom stereocenters. The van der Waals surface area contributed by atoms with Crippen LogP contribution >= 0.6 is 15.9 Å². The largest absolute Gasteiger partial charge is 0.368 e. The Balaban J connectivity index is 2.27. The Morgan fingerprint density at radius 3 is 2.88 bits per heavy atom. The Bertz CT molecular complexity index is 378. The number of halogens is 1. The Kier molecular flexibility index (Phi) is 3.55. The minimum atomic E-state index is 0.374. The number of hydrogen-bond acceptors (Lipinski definition) is 2. The molecule has 0 bridgehead atoms. The summed E-state index contributed by atoms with van der Waals surface area (Å²) in [6.07, 6.45) is 2.18.